The highest BCUT2D eigenvalue weighted by Gasteiger charge is 2.37. The molecule has 3 rings (SSSR count). The van der Waals surface area contributed by atoms with Gasteiger partial charge in [0, 0.05) is 13.1 Å². The molecule has 3 atom stereocenters. The van der Waals surface area contributed by atoms with E-state index in [1.54, 1.807) is 12.1 Å². The van der Waals surface area contributed by atoms with E-state index in [1.165, 1.54) is 6.07 Å². The maximum absolute atomic E-state index is 13.5. The molecule has 1 amide bonds. The van der Waals surface area contributed by atoms with Crippen LogP contribution in [0.2, 0.25) is 0 Å². The lowest BCUT2D eigenvalue weighted by Gasteiger charge is -2.31. The Morgan fingerprint density at radius 3 is 2.91 bits per heavy atom. The van der Waals surface area contributed by atoms with Gasteiger partial charge >= 0.3 is 0 Å². The van der Waals surface area contributed by atoms with Crippen molar-refractivity contribution in [3.05, 3.63) is 35.6 Å². The summed E-state index contributed by atoms with van der Waals surface area (Å²) >= 11 is 0. The number of benzene rings is 1. The minimum Gasteiger partial charge on any atom is -0.335 e. The third kappa shape index (κ3) is 3.61. The van der Waals surface area contributed by atoms with Gasteiger partial charge in [-0.1, -0.05) is 19.1 Å². The molecule has 2 fully saturated rings. The molecule has 0 bridgehead atoms. The Bertz CT molecular complexity index is 519. The lowest BCUT2D eigenvalue weighted by atomic mass is 9.96. The number of carbonyl (C=O) groups excluding carboxylic acids is 1. The molecular formula is C17H24ClFN2O. The van der Waals surface area contributed by atoms with Gasteiger partial charge in [0.05, 0.1) is 12.0 Å². The van der Waals surface area contributed by atoms with Crippen LogP contribution in [0.5, 0.6) is 0 Å². The Labute approximate surface area is 137 Å². The summed E-state index contributed by atoms with van der Waals surface area (Å²) in [6.45, 7) is 4.74. The van der Waals surface area contributed by atoms with E-state index < -0.39 is 0 Å². The summed E-state index contributed by atoms with van der Waals surface area (Å²) in [6.07, 6.45) is 2.95. The first-order chi connectivity index (χ1) is 10.1. The van der Waals surface area contributed by atoms with Crippen molar-refractivity contribution in [1.29, 1.82) is 0 Å². The molecule has 0 aromatic heterocycles. The van der Waals surface area contributed by atoms with E-state index >= 15 is 0 Å². The summed E-state index contributed by atoms with van der Waals surface area (Å²) < 4.78 is 13.5. The number of nitrogens with zero attached hydrogens (tertiary/aromatic N) is 1. The van der Waals surface area contributed by atoms with Gasteiger partial charge in [0.1, 0.15) is 5.82 Å². The van der Waals surface area contributed by atoms with E-state index in [0.717, 1.165) is 44.5 Å². The van der Waals surface area contributed by atoms with Gasteiger partial charge in [-0.15, -0.1) is 12.4 Å². The van der Waals surface area contributed by atoms with Gasteiger partial charge in [-0.3, -0.25) is 4.79 Å². The summed E-state index contributed by atoms with van der Waals surface area (Å²) in [5, 5.41) is 3.31. The summed E-state index contributed by atoms with van der Waals surface area (Å²) in [5.41, 5.74) is 0.927. The molecule has 2 saturated heterocycles. The molecular weight excluding hydrogens is 303 g/mol. The van der Waals surface area contributed by atoms with Crippen LogP contribution >= 0.6 is 12.4 Å². The third-order valence-corrected chi connectivity index (χ3v) is 4.67. The second-order valence-corrected chi connectivity index (χ2v) is 6.45. The average molecular weight is 327 g/mol. The predicted molar refractivity (Wildman–Crippen MR) is 87.5 cm³/mol. The van der Waals surface area contributed by atoms with E-state index in [2.05, 4.69) is 12.2 Å². The molecule has 1 aromatic rings. The highest BCUT2D eigenvalue weighted by molar-refractivity contribution is 5.85. The normalized spacial score (nSPS) is 28.3. The van der Waals surface area contributed by atoms with Crippen molar-refractivity contribution in [3.63, 3.8) is 0 Å². The molecule has 0 radical (unpaired) electrons. The number of halogens is 2. The molecule has 1 aromatic carbocycles. The second kappa shape index (κ2) is 7.42. The van der Waals surface area contributed by atoms with Crippen LogP contribution in [0.25, 0.3) is 0 Å². The standard InChI is InChI=1S/C17H23FN2O.ClH/c1-12-8-16(13-4-2-6-15(18)9-13)20(11-12)17(21)14-5-3-7-19-10-14;/h2,4,6,9,12,14,16,19H,3,5,7-8,10-11H2,1H3;1H. The lowest BCUT2D eigenvalue weighted by molar-refractivity contribution is -0.137. The Kier molecular flexibility index (Phi) is 5.81. The van der Waals surface area contributed by atoms with Gasteiger partial charge in [0.2, 0.25) is 5.91 Å². The first-order valence-electron chi connectivity index (χ1n) is 7.92. The maximum atomic E-state index is 13.5. The van der Waals surface area contributed by atoms with E-state index in [0.29, 0.717) is 5.92 Å². The van der Waals surface area contributed by atoms with Crippen LogP contribution in [0.15, 0.2) is 24.3 Å². The van der Waals surface area contributed by atoms with Gasteiger partial charge in [-0.05, 0) is 49.4 Å². The van der Waals surface area contributed by atoms with Crippen molar-refractivity contribution in [2.24, 2.45) is 11.8 Å². The average Bonchev–Trinajstić information content (AvgIpc) is 2.89. The molecule has 3 unspecified atom stereocenters. The Hall–Kier alpha value is -1.13. The monoisotopic (exact) mass is 326 g/mol. The number of amides is 1. The minimum absolute atomic E-state index is 0. The van der Waals surface area contributed by atoms with Crippen molar-refractivity contribution >= 4 is 18.3 Å². The molecule has 5 heteroatoms. The zero-order valence-corrected chi connectivity index (χ0v) is 13.7. The van der Waals surface area contributed by atoms with Crippen LogP contribution in [0.1, 0.15) is 37.8 Å². The van der Waals surface area contributed by atoms with Gasteiger partial charge in [-0.2, -0.15) is 0 Å². The molecule has 2 heterocycles. The highest BCUT2D eigenvalue weighted by Crippen LogP contribution is 2.36. The SMILES string of the molecule is CC1CC(c2cccc(F)c2)N(C(=O)C2CCCNC2)C1.Cl. The number of piperidine rings is 1. The first-order valence-corrected chi connectivity index (χ1v) is 7.92. The number of rotatable bonds is 2. The van der Waals surface area contributed by atoms with Crippen molar-refractivity contribution in [2.45, 2.75) is 32.2 Å². The molecule has 122 valence electrons. The van der Waals surface area contributed by atoms with E-state index in [9.17, 15) is 9.18 Å². The van der Waals surface area contributed by atoms with Crippen LogP contribution < -0.4 is 5.32 Å². The molecule has 2 aliphatic heterocycles. The highest BCUT2D eigenvalue weighted by atomic mass is 35.5. The zero-order chi connectivity index (χ0) is 14.8. The van der Waals surface area contributed by atoms with Crippen LogP contribution in [-0.2, 0) is 4.79 Å². The van der Waals surface area contributed by atoms with Gasteiger partial charge < -0.3 is 10.2 Å². The number of hydrogen-bond donors (Lipinski definition) is 1. The van der Waals surface area contributed by atoms with Crippen LogP contribution in [0.4, 0.5) is 4.39 Å². The Morgan fingerprint density at radius 2 is 2.23 bits per heavy atom. The minimum atomic E-state index is -0.223. The molecule has 22 heavy (non-hydrogen) atoms. The van der Waals surface area contributed by atoms with Crippen molar-refractivity contribution in [3.8, 4) is 0 Å². The van der Waals surface area contributed by atoms with Crippen LogP contribution in [-0.4, -0.2) is 30.4 Å². The van der Waals surface area contributed by atoms with Crippen molar-refractivity contribution in [1.82, 2.24) is 10.2 Å². The predicted octanol–water partition coefficient (Wildman–Crippen LogP) is 3.16. The maximum Gasteiger partial charge on any atom is 0.227 e. The summed E-state index contributed by atoms with van der Waals surface area (Å²) in [4.78, 5) is 14.8. The van der Waals surface area contributed by atoms with Crippen LogP contribution in [0, 0.1) is 17.7 Å². The lowest BCUT2D eigenvalue weighted by Crippen LogP contribution is -2.43. The topological polar surface area (TPSA) is 32.3 Å². The fourth-order valence-corrected chi connectivity index (χ4v) is 3.62. The Morgan fingerprint density at radius 1 is 1.41 bits per heavy atom. The Balaban J connectivity index is 0.00000176. The molecule has 0 saturated carbocycles. The molecule has 0 aliphatic carbocycles. The molecule has 2 aliphatic rings. The number of hydrogen-bond acceptors (Lipinski definition) is 2. The number of likely N-dealkylation sites (tertiary alicyclic amines) is 1. The quantitative estimate of drug-likeness (QED) is 0.905. The molecule has 1 N–H and O–H groups in total. The first kappa shape index (κ1) is 17.2. The van der Waals surface area contributed by atoms with Gasteiger partial charge in [-0.25, -0.2) is 4.39 Å². The molecule has 0 spiro atoms. The number of carbonyl (C=O) groups is 1. The largest absolute Gasteiger partial charge is 0.335 e. The second-order valence-electron chi connectivity index (χ2n) is 6.45. The van der Waals surface area contributed by atoms with Crippen molar-refractivity contribution in [2.75, 3.05) is 19.6 Å². The summed E-state index contributed by atoms with van der Waals surface area (Å²) in [5.74, 6) is 0.568. The van der Waals surface area contributed by atoms with E-state index in [1.807, 2.05) is 11.0 Å². The van der Waals surface area contributed by atoms with Crippen LogP contribution in [0.3, 0.4) is 0 Å². The fourth-order valence-electron chi connectivity index (χ4n) is 3.62. The van der Waals surface area contributed by atoms with Crippen molar-refractivity contribution < 1.29 is 9.18 Å². The smallest absolute Gasteiger partial charge is 0.227 e. The van der Waals surface area contributed by atoms with Gasteiger partial charge in [0.25, 0.3) is 0 Å². The van der Waals surface area contributed by atoms with E-state index in [4.69, 9.17) is 0 Å². The fraction of sp³-hybridized carbons (Fsp3) is 0.588. The number of nitrogens with one attached hydrogen (secondary N) is 1. The summed E-state index contributed by atoms with van der Waals surface area (Å²) in [6, 6.07) is 6.73. The zero-order valence-electron chi connectivity index (χ0n) is 12.9. The third-order valence-electron chi connectivity index (χ3n) is 4.67. The van der Waals surface area contributed by atoms with Gasteiger partial charge in [0.15, 0.2) is 0 Å². The van der Waals surface area contributed by atoms with E-state index in [-0.39, 0.29) is 36.1 Å². The summed E-state index contributed by atoms with van der Waals surface area (Å²) in [7, 11) is 0. The molecule has 3 nitrogen and oxygen atoms in total.